The smallest absolute Gasteiger partial charge is 0.410 e. The van der Waals surface area contributed by atoms with Gasteiger partial charge in [-0.2, -0.15) is 0 Å². The first-order chi connectivity index (χ1) is 15.4. The van der Waals surface area contributed by atoms with Crippen molar-refractivity contribution in [1.82, 2.24) is 24.3 Å². The topological polar surface area (TPSA) is 105 Å². The number of likely N-dealkylation sites (tertiary alicyclic amines) is 1. The molecule has 0 saturated carbocycles. The Balaban J connectivity index is 1.54. The van der Waals surface area contributed by atoms with Crippen LogP contribution in [0.25, 0.3) is 17.0 Å². The van der Waals surface area contributed by atoms with Crippen LogP contribution >= 0.6 is 0 Å². The molecule has 2 unspecified atom stereocenters. The lowest BCUT2D eigenvalue weighted by Crippen LogP contribution is -2.36. The highest BCUT2D eigenvalue weighted by Gasteiger charge is 2.35. The van der Waals surface area contributed by atoms with E-state index in [1.807, 2.05) is 43.5 Å². The molecule has 9 heteroatoms. The first kappa shape index (κ1) is 23.0. The van der Waals surface area contributed by atoms with Gasteiger partial charge in [0, 0.05) is 25.3 Å². The van der Waals surface area contributed by atoms with Crippen molar-refractivity contribution in [2.75, 3.05) is 18.4 Å². The number of carbonyl (C=O) groups excluding carboxylic acids is 1. The number of aromatic nitrogens is 4. The van der Waals surface area contributed by atoms with Gasteiger partial charge in [0.25, 0.3) is 0 Å². The largest absolute Gasteiger partial charge is 0.444 e. The first-order valence-corrected chi connectivity index (χ1v) is 11.2. The molecular formula is C24H32N6O3. The third kappa shape index (κ3) is 5.08. The first-order valence-electron chi connectivity index (χ1n) is 11.2. The van der Waals surface area contributed by atoms with Crippen molar-refractivity contribution in [2.45, 2.75) is 58.8 Å². The molecular weight excluding hydrogens is 420 g/mol. The van der Waals surface area contributed by atoms with E-state index in [4.69, 9.17) is 9.72 Å². The fourth-order valence-corrected chi connectivity index (χ4v) is 3.91. The average molecular weight is 453 g/mol. The normalized spacial score (nSPS) is 19.2. The maximum Gasteiger partial charge on any atom is 0.410 e. The van der Waals surface area contributed by atoms with Crippen molar-refractivity contribution < 1.29 is 14.6 Å². The summed E-state index contributed by atoms with van der Waals surface area (Å²) < 4.78 is 7.42. The van der Waals surface area contributed by atoms with E-state index in [1.165, 1.54) is 0 Å². The molecule has 1 aliphatic rings. The molecule has 4 rings (SSSR count). The van der Waals surface area contributed by atoms with Gasteiger partial charge in [-0.25, -0.2) is 14.8 Å². The lowest BCUT2D eigenvalue weighted by molar-refractivity contribution is 0.0288. The number of fused-ring (bicyclic) bond motifs is 1. The number of rotatable bonds is 4. The van der Waals surface area contributed by atoms with Crippen molar-refractivity contribution in [3.63, 3.8) is 0 Å². The second kappa shape index (κ2) is 8.30. The molecule has 0 aliphatic carbocycles. The third-order valence-electron chi connectivity index (χ3n) is 5.71. The van der Waals surface area contributed by atoms with E-state index in [9.17, 15) is 9.90 Å². The second-order valence-corrected chi connectivity index (χ2v) is 10.3. The highest BCUT2D eigenvalue weighted by atomic mass is 16.6. The summed E-state index contributed by atoms with van der Waals surface area (Å²) in [4.78, 5) is 27.8. The minimum absolute atomic E-state index is 0.0334. The maximum absolute atomic E-state index is 12.5. The molecule has 0 aromatic carbocycles. The van der Waals surface area contributed by atoms with Crippen molar-refractivity contribution >= 4 is 17.6 Å². The number of nitrogens with zero attached hydrogens (tertiary/aromatic N) is 5. The number of hydrogen-bond acceptors (Lipinski definition) is 7. The van der Waals surface area contributed by atoms with Crippen LogP contribution in [0.3, 0.4) is 0 Å². The molecule has 1 aliphatic heterocycles. The van der Waals surface area contributed by atoms with Crippen molar-refractivity contribution in [2.24, 2.45) is 5.92 Å². The molecule has 9 nitrogen and oxygen atoms in total. The van der Waals surface area contributed by atoms with Gasteiger partial charge in [0.1, 0.15) is 22.8 Å². The van der Waals surface area contributed by atoms with Gasteiger partial charge in [0.2, 0.25) is 0 Å². The summed E-state index contributed by atoms with van der Waals surface area (Å²) in [5.74, 6) is 0.858. The Morgan fingerprint density at radius 3 is 2.61 bits per heavy atom. The van der Waals surface area contributed by atoms with E-state index in [0.29, 0.717) is 24.6 Å². The monoisotopic (exact) mass is 452 g/mol. The second-order valence-electron chi connectivity index (χ2n) is 10.3. The number of imidazole rings is 1. The van der Waals surface area contributed by atoms with Crippen LogP contribution in [0.2, 0.25) is 0 Å². The quantitative estimate of drug-likeness (QED) is 0.622. The highest BCUT2D eigenvalue weighted by molar-refractivity contribution is 5.69. The van der Waals surface area contributed by atoms with Gasteiger partial charge in [0.15, 0.2) is 0 Å². The predicted molar refractivity (Wildman–Crippen MR) is 126 cm³/mol. The molecule has 176 valence electrons. The van der Waals surface area contributed by atoms with Gasteiger partial charge < -0.3 is 20.1 Å². The summed E-state index contributed by atoms with van der Waals surface area (Å²) in [6.07, 6.45) is 6.69. The molecule has 1 amide bonds. The van der Waals surface area contributed by atoms with Crippen LogP contribution in [0, 0.1) is 5.92 Å². The zero-order valence-corrected chi connectivity index (χ0v) is 20.0. The minimum atomic E-state index is -0.969. The Kier molecular flexibility index (Phi) is 5.78. The van der Waals surface area contributed by atoms with Crippen LogP contribution in [0.1, 0.15) is 47.1 Å². The van der Waals surface area contributed by atoms with Gasteiger partial charge in [-0.05, 0) is 52.2 Å². The molecule has 3 aromatic rings. The Labute approximate surface area is 193 Å². The summed E-state index contributed by atoms with van der Waals surface area (Å²) in [6.45, 7) is 12.3. The number of nitrogens with one attached hydrogen (secondary N) is 1. The lowest BCUT2D eigenvalue weighted by atomic mass is 10.0. The van der Waals surface area contributed by atoms with Crippen molar-refractivity contribution in [3.8, 4) is 11.4 Å². The summed E-state index contributed by atoms with van der Waals surface area (Å²) >= 11 is 0. The molecule has 3 aromatic heterocycles. The van der Waals surface area contributed by atoms with E-state index < -0.39 is 11.2 Å². The van der Waals surface area contributed by atoms with Crippen molar-refractivity contribution in [3.05, 3.63) is 42.5 Å². The Morgan fingerprint density at radius 1 is 1.15 bits per heavy atom. The fraction of sp³-hybridized carbons (Fsp3) is 0.500. The molecule has 2 N–H and O–H groups in total. The summed E-state index contributed by atoms with van der Waals surface area (Å²) in [6, 6.07) is 3.77. The van der Waals surface area contributed by atoms with E-state index in [1.54, 1.807) is 37.3 Å². The fourth-order valence-electron chi connectivity index (χ4n) is 3.91. The van der Waals surface area contributed by atoms with Gasteiger partial charge in [0.05, 0.1) is 29.9 Å². The van der Waals surface area contributed by atoms with E-state index >= 15 is 0 Å². The number of carbonyl (C=O) groups is 1. The Morgan fingerprint density at radius 2 is 1.91 bits per heavy atom. The summed E-state index contributed by atoms with van der Waals surface area (Å²) in [5, 5.41) is 13.8. The third-order valence-corrected chi connectivity index (χ3v) is 5.71. The van der Waals surface area contributed by atoms with Gasteiger partial charge in [-0.3, -0.25) is 9.38 Å². The molecule has 0 radical (unpaired) electrons. The SMILES string of the molecule is CC1CN(C(=O)OC(C)(C)C)CC1Nc1cncc(-c2cnc3ccc(C(C)(C)O)cn23)n1. The lowest BCUT2D eigenvalue weighted by Gasteiger charge is -2.24. The molecule has 0 spiro atoms. The number of pyridine rings is 1. The predicted octanol–water partition coefficient (Wildman–Crippen LogP) is 3.69. The zero-order valence-electron chi connectivity index (χ0n) is 20.0. The molecule has 0 bridgehead atoms. The van der Waals surface area contributed by atoms with Crippen LogP contribution in [0.15, 0.2) is 36.9 Å². The number of aliphatic hydroxyl groups is 1. The minimum Gasteiger partial charge on any atom is -0.444 e. The van der Waals surface area contributed by atoms with E-state index in [2.05, 4.69) is 22.2 Å². The molecule has 1 fully saturated rings. The summed E-state index contributed by atoms with van der Waals surface area (Å²) in [5.41, 5.74) is 1.49. The number of anilines is 1. The number of ether oxygens (including phenoxy) is 1. The van der Waals surface area contributed by atoms with Crippen molar-refractivity contribution in [1.29, 1.82) is 0 Å². The maximum atomic E-state index is 12.5. The Hall–Kier alpha value is -3.20. The van der Waals surface area contributed by atoms with Crippen LogP contribution in [0.5, 0.6) is 0 Å². The van der Waals surface area contributed by atoms with E-state index in [0.717, 1.165) is 16.9 Å². The molecule has 4 heterocycles. The van der Waals surface area contributed by atoms with Gasteiger partial charge >= 0.3 is 6.09 Å². The average Bonchev–Trinajstić information content (AvgIpc) is 3.29. The summed E-state index contributed by atoms with van der Waals surface area (Å²) in [7, 11) is 0. The van der Waals surface area contributed by atoms with Gasteiger partial charge in [-0.15, -0.1) is 0 Å². The molecule has 33 heavy (non-hydrogen) atoms. The van der Waals surface area contributed by atoms with Crippen LogP contribution in [-0.4, -0.2) is 60.2 Å². The van der Waals surface area contributed by atoms with Gasteiger partial charge in [-0.1, -0.05) is 13.0 Å². The van der Waals surface area contributed by atoms with Crippen LogP contribution < -0.4 is 5.32 Å². The number of hydrogen-bond donors (Lipinski definition) is 2. The standard InChI is InChI=1S/C24H32N6O3/c1-15-12-29(22(31)33-23(2,3)4)14-18(15)28-20-11-25-9-17(27-20)19-10-26-21-8-7-16(13-30(19)21)24(5,6)32/h7-11,13,15,18,32H,12,14H2,1-6H3,(H,27,28). The van der Waals surface area contributed by atoms with E-state index in [-0.39, 0.29) is 18.1 Å². The van der Waals surface area contributed by atoms with Crippen LogP contribution in [-0.2, 0) is 10.3 Å². The Bertz CT molecular complexity index is 1160. The molecule has 1 saturated heterocycles. The highest BCUT2D eigenvalue weighted by Crippen LogP contribution is 2.26. The zero-order chi connectivity index (χ0) is 24.0. The van der Waals surface area contributed by atoms with Crippen LogP contribution in [0.4, 0.5) is 10.6 Å². The number of amides is 1. The molecule has 2 atom stereocenters.